The number of rotatable bonds is 8. The molecule has 2 N–H and O–H groups in total. The third-order valence-corrected chi connectivity index (χ3v) is 5.64. The van der Waals surface area contributed by atoms with E-state index in [0.29, 0.717) is 25.2 Å². The highest BCUT2D eigenvalue weighted by atomic mass is 32.1. The van der Waals surface area contributed by atoms with Gasteiger partial charge in [0.25, 0.3) is 5.91 Å². The molecular formula is C20H26N4O2S. The van der Waals surface area contributed by atoms with Crippen LogP contribution in [0.5, 0.6) is 0 Å². The predicted molar refractivity (Wildman–Crippen MR) is 110 cm³/mol. The van der Waals surface area contributed by atoms with Crippen molar-refractivity contribution in [3.05, 3.63) is 52.2 Å². The van der Waals surface area contributed by atoms with Crippen LogP contribution in [-0.4, -0.2) is 49.6 Å². The molecular weight excluding hydrogens is 360 g/mol. The Hall–Kier alpha value is -2.38. The first-order valence-electron chi connectivity index (χ1n) is 9.33. The fourth-order valence-corrected chi connectivity index (χ4v) is 4.10. The molecule has 7 heteroatoms. The molecule has 1 fully saturated rings. The fraction of sp³-hybridized carbons (Fsp3) is 0.400. The van der Waals surface area contributed by atoms with Gasteiger partial charge in [0.15, 0.2) is 0 Å². The lowest BCUT2D eigenvalue weighted by atomic mass is 10.1. The van der Waals surface area contributed by atoms with Crippen molar-refractivity contribution >= 4 is 29.0 Å². The van der Waals surface area contributed by atoms with Gasteiger partial charge in [-0.2, -0.15) is 11.3 Å². The normalized spacial score (nSPS) is 15.1. The van der Waals surface area contributed by atoms with Crippen molar-refractivity contribution < 1.29 is 9.59 Å². The van der Waals surface area contributed by atoms with E-state index < -0.39 is 0 Å². The SMILES string of the molecule is CCN(CC)[C@H](CNC(=O)c1ccc(N2CCNC2=O)cc1)c1ccsc1. The number of nitrogens with zero attached hydrogens (tertiary/aromatic N) is 2. The molecule has 6 nitrogen and oxygen atoms in total. The van der Waals surface area contributed by atoms with Crippen LogP contribution in [0, 0.1) is 0 Å². The monoisotopic (exact) mass is 386 g/mol. The van der Waals surface area contributed by atoms with E-state index in [2.05, 4.69) is 46.2 Å². The molecule has 0 bridgehead atoms. The van der Waals surface area contributed by atoms with Gasteiger partial charge in [-0.05, 0) is 59.7 Å². The highest BCUT2D eigenvalue weighted by Crippen LogP contribution is 2.22. The summed E-state index contributed by atoms with van der Waals surface area (Å²) in [4.78, 5) is 28.4. The van der Waals surface area contributed by atoms with Crippen molar-refractivity contribution in [2.24, 2.45) is 0 Å². The Bertz CT molecular complexity index is 757. The van der Waals surface area contributed by atoms with Gasteiger partial charge in [0.1, 0.15) is 0 Å². The number of carbonyl (C=O) groups is 2. The Morgan fingerprint density at radius 2 is 2.00 bits per heavy atom. The summed E-state index contributed by atoms with van der Waals surface area (Å²) in [6.45, 7) is 8.00. The number of amides is 3. The Balaban J connectivity index is 1.64. The lowest BCUT2D eigenvalue weighted by molar-refractivity contribution is 0.0935. The molecule has 0 radical (unpaired) electrons. The van der Waals surface area contributed by atoms with Crippen molar-refractivity contribution in [3.8, 4) is 0 Å². The second-order valence-corrected chi connectivity index (χ2v) is 7.21. The molecule has 1 aromatic carbocycles. The highest BCUT2D eigenvalue weighted by Gasteiger charge is 2.22. The molecule has 1 aromatic heterocycles. The number of anilines is 1. The predicted octanol–water partition coefficient (Wildman–Crippen LogP) is 3.09. The van der Waals surface area contributed by atoms with Gasteiger partial charge in [0, 0.05) is 30.9 Å². The van der Waals surface area contributed by atoms with Crippen LogP contribution in [0.4, 0.5) is 10.5 Å². The molecule has 1 aliphatic heterocycles. The van der Waals surface area contributed by atoms with E-state index in [4.69, 9.17) is 0 Å². The third-order valence-electron chi connectivity index (χ3n) is 4.94. The Morgan fingerprint density at radius 3 is 2.56 bits per heavy atom. The Labute approximate surface area is 164 Å². The maximum absolute atomic E-state index is 12.6. The van der Waals surface area contributed by atoms with Gasteiger partial charge in [0.05, 0.1) is 6.04 Å². The van der Waals surface area contributed by atoms with E-state index in [9.17, 15) is 9.59 Å². The minimum atomic E-state index is -0.0974. The lowest BCUT2D eigenvalue weighted by Gasteiger charge is -2.29. The third kappa shape index (κ3) is 4.48. The summed E-state index contributed by atoms with van der Waals surface area (Å²) in [7, 11) is 0. The van der Waals surface area contributed by atoms with Crippen molar-refractivity contribution in [2.45, 2.75) is 19.9 Å². The summed E-state index contributed by atoms with van der Waals surface area (Å²) >= 11 is 1.67. The number of hydrogen-bond donors (Lipinski definition) is 2. The molecule has 3 rings (SSSR count). The number of carbonyl (C=O) groups excluding carboxylic acids is 2. The minimum absolute atomic E-state index is 0.0926. The first kappa shape index (κ1) is 19.4. The number of thiophene rings is 1. The molecule has 1 aliphatic rings. The Kier molecular flexibility index (Phi) is 6.47. The van der Waals surface area contributed by atoms with Gasteiger partial charge in [-0.15, -0.1) is 0 Å². The summed E-state index contributed by atoms with van der Waals surface area (Å²) in [5.41, 5.74) is 2.64. The van der Waals surface area contributed by atoms with Crippen LogP contribution in [0.3, 0.4) is 0 Å². The van der Waals surface area contributed by atoms with E-state index >= 15 is 0 Å². The molecule has 3 amide bonds. The highest BCUT2D eigenvalue weighted by molar-refractivity contribution is 7.07. The van der Waals surface area contributed by atoms with Crippen molar-refractivity contribution in [3.63, 3.8) is 0 Å². The van der Waals surface area contributed by atoms with Crippen LogP contribution in [0.2, 0.25) is 0 Å². The van der Waals surface area contributed by atoms with Crippen molar-refractivity contribution in [1.29, 1.82) is 0 Å². The number of hydrogen-bond acceptors (Lipinski definition) is 4. The molecule has 2 heterocycles. The molecule has 0 saturated carbocycles. The number of nitrogens with one attached hydrogen (secondary N) is 2. The average molecular weight is 387 g/mol. The summed E-state index contributed by atoms with van der Waals surface area (Å²) < 4.78 is 0. The number of urea groups is 1. The van der Waals surface area contributed by atoms with Crippen molar-refractivity contribution in [2.75, 3.05) is 37.6 Å². The van der Waals surface area contributed by atoms with Crippen LogP contribution in [0.25, 0.3) is 0 Å². The van der Waals surface area contributed by atoms with E-state index in [1.807, 2.05) is 12.1 Å². The largest absolute Gasteiger partial charge is 0.350 e. The molecule has 2 aromatic rings. The van der Waals surface area contributed by atoms with Crippen molar-refractivity contribution in [1.82, 2.24) is 15.5 Å². The number of benzene rings is 1. The van der Waals surface area contributed by atoms with Gasteiger partial charge in [-0.1, -0.05) is 13.8 Å². The van der Waals surface area contributed by atoms with E-state index in [-0.39, 0.29) is 18.0 Å². The molecule has 0 aliphatic carbocycles. The molecule has 144 valence electrons. The van der Waals surface area contributed by atoms with Crippen LogP contribution >= 0.6 is 11.3 Å². The summed E-state index contributed by atoms with van der Waals surface area (Å²) in [5.74, 6) is -0.0974. The first-order valence-corrected chi connectivity index (χ1v) is 10.3. The zero-order valence-corrected chi connectivity index (χ0v) is 16.6. The zero-order chi connectivity index (χ0) is 19.2. The second kappa shape index (κ2) is 9.01. The van der Waals surface area contributed by atoms with E-state index in [1.165, 1.54) is 5.56 Å². The van der Waals surface area contributed by atoms with Gasteiger partial charge in [-0.3, -0.25) is 14.6 Å². The van der Waals surface area contributed by atoms with Crippen LogP contribution in [0.15, 0.2) is 41.1 Å². The quantitative estimate of drug-likeness (QED) is 0.733. The Morgan fingerprint density at radius 1 is 1.26 bits per heavy atom. The second-order valence-electron chi connectivity index (χ2n) is 6.43. The van der Waals surface area contributed by atoms with Crippen LogP contribution < -0.4 is 15.5 Å². The number of likely N-dealkylation sites (N-methyl/N-ethyl adjacent to an activating group) is 1. The van der Waals surface area contributed by atoms with Gasteiger partial charge in [0.2, 0.25) is 0 Å². The first-order chi connectivity index (χ1) is 13.1. The maximum atomic E-state index is 12.6. The summed E-state index contributed by atoms with van der Waals surface area (Å²) in [6, 6.07) is 9.38. The standard InChI is InChI=1S/C20H26N4O2S/c1-3-23(4-2)18(16-9-12-27-14-16)13-22-19(25)15-5-7-17(8-6-15)24-11-10-21-20(24)26/h5-9,12,14,18H,3-4,10-11,13H2,1-2H3,(H,21,26)(H,22,25)/t18-/m1/s1. The van der Waals surface area contributed by atoms with E-state index in [1.54, 1.807) is 28.4 Å². The van der Waals surface area contributed by atoms with E-state index in [0.717, 1.165) is 18.8 Å². The smallest absolute Gasteiger partial charge is 0.321 e. The maximum Gasteiger partial charge on any atom is 0.321 e. The molecule has 0 unspecified atom stereocenters. The van der Waals surface area contributed by atoms with Crippen LogP contribution in [0.1, 0.15) is 35.8 Å². The lowest BCUT2D eigenvalue weighted by Crippen LogP contribution is -2.37. The summed E-state index contributed by atoms with van der Waals surface area (Å²) in [6.07, 6.45) is 0. The van der Waals surface area contributed by atoms with Gasteiger partial charge in [-0.25, -0.2) is 4.79 Å². The molecule has 1 saturated heterocycles. The average Bonchev–Trinajstić information content (AvgIpc) is 3.37. The molecule has 27 heavy (non-hydrogen) atoms. The topological polar surface area (TPSA) is 64.7 Å². The molecule has 0 spiro atoms. The van der Waals surface area contributed by atoms with Crippen LogP contribution in [-0.2, 0) is 0 Å². The molecule has 1 atom stereocenters. The fourth-order valence-electron chi connectivity index (χ4n) is 3.39. The van der Waals surface area contributed by atoms with Gasteiger partial charge < -0.3 is 10.6 Å². The minimum Gasteiger partial charge on any atom is -0.350 e. The zero-order valence-electron chi connectivity index (χ0n) is 15.8. The van der Waals surface area contributed by atoms with Gasteiger partial charge >= 0.3 is 6.03 Å². The summed E-state index contributed by atoms with van der Waals surface area (Å²) in [5, 5.41) is 10.1.